The Morgan fingerprint density at radius 1 is 1.38 bits per heavy atom. The van der Waals surface area contributed by atoms with E-state index >= 15 is 0 Å². The van der Waals surface area contributed by atoms with E-state index in [2.05, 4.69) is 36.5 Å². The second kappa shape index (κ2) is 5.46. The zero-order valence-electron chi connectivity index (χ0n) is 9.95. The number of rotatable bonds is 4. The van der Waals surface area contributed by atoms with Gasteiger partial charge in [-0.05, 0) is 31.2 Å². The average molecular weight is 219 g/mol. The van der Waals surface area contributed by atoms with Gasteiger partial charge in [-0.2, -0.15) is 0 Å². The molecular formula is C14H21NO. The Morgan fingerprint density at radius 3 is 3.00 bits per heavy atom. The first-order chi connectivity index (χ1) is 7.79. The lowest BCUT2D eigenvalue weighted by Crippen LogP contribution is -2.33. The first-order valence-corrected chi connectivity index (χ1v) is 6.19. The molecule has 0 spiro atoms. The van der Waals surface area contributed by atoms with Crippen LogP contribution in [-0.2, 0) is 6.54 Å². The predicted octanol–water partition coefficient (Wildman–Crippen LogP) is 2.25. The number of nitrogens with one attached hydrogen (secondary N) is 1. The Morgan fingerprint density at radius 2 is 2.25 bits per heavy atom. The Kier molecular flexibility index (Phi) is 3.97. The van der Waals surface area contributed by atoms with Crippen molar-refractivity contribution in [2.45, 2.75) is 38.8 Å². The van der Waals surface area contributed by atoms with Gasteiger partial charge in [0, 0.05) is 19.2 Å². The summed E-state index contributed by atoms with van der Waals surface area (Å²) in [4.78, 5) is 0. The van der Waals surface area contributed by atoms with Crippen molar-refractivity contribution in [3.8, 4) is 0 Å². The van der Waals surface area contributed by atoms with Gasteiger partial charge in [-0.1, -0.05) is 36.2 Å². The molecule has 2 heteroatoms. The molecule has 0 aliphatic heterocycles. The Labute approximate surface area is 97.7 Å². The molecule has 1 aliphatic carbocycles. The van der Waals surface area contributed by atoms with Gasteiger partial charge in [0.1, 0.15) is 0 Å². The molecule has 0 bridgehead atoms. The molecule has 0 heterocycles. The Hall–Kier alpha value is -0.860. The molecule has 0 amide bonds. The van der Waals surface area contributed by atoms with E-state index < -0.39 is 0 Å². The molecule has 0 aromatic heterocycles. The van der Waals surface area contributed by atoms with Crippen LogP contribution in [0.15, 0.2) is 24.3 Å². The van der Waals surface area contributed by atoms with Gasteiger partial charge in [0.05, 0.1) is 0 Å². The topological polar surface area (TPSA) is 32.3 Å². The van der Waals surface area contributed by atoms with Crippen molar-refractivity contribution in [2.24, 2.45) is 5.92 Å². The van der Waals surface area contributed by atoms with E-state index in [1.165, 1.54) is 30.4 Å². The number of hydrogen-bond donors (Lipinski definition) is 2. The summed E-state index contributed by atoms with van der Waals surface area (Å²) in [5.41, 5.74) is 2.65. The molecule has 2 unspecified atom stereocenters. The third-order valence-corrected chi connectivity index (χ3v) is 3.54. The molecule has 1 aromatic carbocycles. The lowest BCUT2D eigenvalue weighted by Gasteiger charge is -2.19. The molecule has 2 nitrogen and oxygen atoms in total. The van der Waals surface area contributed by atoms with Gasteiger partial charge >= 0.3 is 0 Å². The summed E-state index contributed by atoms with van der Waals surface area (Å²) in [5.74, 6) is 0.463. The van der Waals surface area contributed by atoms with Gasteiger partial charge in [-0.25, -0.2) is 0 Å². The maximum Gasteiger partial charge on any atom is 0.0474 e. The smallest absolute Gasteiger partial charge is 0.0474 e. The summed E-state index contributed by atoms with van der Waals surface area (Å²) in [7, 11) is 0. The average Bonchev–Trinajstić information content (AvgIpc) is 2.74. The van der Waals surface area contributed by atoms with Gasteiger partial charge in [0.15, 0.2) is 0 Å². The quantitative estimate of drug-likeness (QED) is 0.814. The van der Waals surface area contributed by atoms with Crippen molar-refractivity contribution in [1.29, 1.82) is 0 Å². The van der Waals surface area contributed by atoms with Crippen LogP contribution in [-0.4, -0.2) is 17.8 Å². The summed E-state index contributed by atoms with van der Waals surface area (Å²) in [6.45, 7) is 3.37. The van der Waals surface area contributed by atoms with E-state index in [0.717, 1.165) is 6.54 Å². The van der Waals surface area contributed by atoms with Gasteiger partial charge in [0.2, 0.25) is 0 Å². The predicted molar refractivity (Wildman–Crippen MR) is 66.2 cm³/mol. The molecule has 2 atom stereocenters. The molecule has 1 saturated carbocycles. The minimum atomic E-state index is 0.325. The van der Waals surface area contributed by atoms with Gasteiger partial charge in [0.25, 0.3) is 0 Å². The monoisotopic (exact) mass is 219 g/mol. The van der Waals surface area contributed by atoms with Crippen molar-refractivity contribution in [2.75, 3.05) is 6.61 Å². The Bertz CT molecular complexity index is 337. The van der Waals surface area contributed by atoms with E-state index in [0.29, 0.717) is 18.6 Å². The highest BCUT2D eigenvalue weighted by molar-refractivity contribution is 5.22. The fourth-order valence-electron chi connectivity index (χ4n) is 2.60. The highest BCUT2D eigenvalue weighted by atomic mass is 16.3. The SMILES string of the molecule is Cc1cccc(CNC2CCCC2CO)c1. The molecule has 1 aliphatic rings. The number of aliphatic hydroxyl groups excluding tert-OH is 1. The van der Waals surface area contributed by atoms with Crippen LogP contribution in [0.25, 0.3) is 0 Å². The first-order valence-electron chi connectivity index (χ1n) is 6.19. The van der Waals surface area contributed by atoms with Crippen LogP contribution in [0.2, 0.25) is 0 Å². The summed E-state index contributed by atoms with van der Waals surface area (Å²) in [6.07, 6.45) is 3.62. The molecule has 0 saturated heterocycles. The standard InChI is InChI=1S/C14H21NO/c1-11-4-2-5-12(8-11)9-15-14-7-3-6-13(14)10-16/h2,4-5,8,13-16H,3,6-7,9-10H2,1H3. The molecule has 2 N–H and O–H groups in total. The minimum absolute atomic E-state index is 0.325. The van der Waals surface area contributed by atoms with Crippen molar-refractivity contribution in [1.82, 2.24) is 5.32 Å². The Balaban J connectivity index is 1.87. The van der Waals surface area contributed by atoms with Crippen molar-refractivity contribution >= 4 is 0 Å². The van der Waals surface area contributed by atoms with Crippen molar-refractivity contribution in [3.63, 3.8) is 0 Å². The zero-order chi connectivity index (χ0) is 11.4. The highest BCUT2D eigenvalue weighted by Crippen LogP contribution is 2.25. The van der Waals surface area contributed by atoms with Crippen LogP contribution in [0.3, 0.4) is 0 Å². The maximum absolute atomic E-state index is 9.24. The van der Waals surface area contributed by atoms with E-state index in [1.54, 1.807) is 0 Å². The first kappa shape index (κ1) is 11.6. The molecule has 2 rings (SSSR count). The van der Waals surface area contributed by atoms with Crippen LogP contribution in [0.1, 0.15) is 30.4 Å². The van der Waals surface area contributed by atoms with Crippen LogP contribution in [0, 0.1) is 12.8 Å². The lowest BCUT2D eigenvalue weighted by molar-refractivity contribution is 0.205. The largest absolute Gasteiger partial charge is 0.396 e. The van der Waals surface area contributed by atoms with E-state index in [-0.39, 0.29) is 0 Å². The van der Waals surface area contributed by atoms with Crippen LogP contribution in [0.4, 0.5) is 0 Å². The number of benzene rings is 1. The molecular weight excluding hydrogens is 198 g/mol. The van der Waals surface area contributed by atoms with Crippen LogP contribution < -0.4 is 5.32 Å². The number of aliphatic hydroxyl groups is 1. The molecule has 88 valence electrons. The number of aryl methyl sites for hydroxylation is 1. The summed E-state index contributed by atoms with van der Waals surface area (Å²) < 4.78 is 0. The highest BCUT2D eigenvalue weighted by Gasteiger charge is 2.25. The third kappa shape index (κ3) is 2.83. The van der Waals surface area contributed by atoms with Crippen molar-refractivity contribution < 1.29 is 5.11 Å². The molecule has 1 aromatic rings. The maximum atomic E-state index is 9.24. The van der Waals surface area contributed by atoms with E-state index in [9.17, 15) is 5.11 Å². The lowest BCUT2D eigenvalue weighted by atomic mass is 10.0. The minimum Gasteiger partial charge on any atom is -0.396 e. The van der Waals surface area contributed by atoms with Gasteiger partial charge in [-0.15, -0.1) is 0 Å². The normalized spacial score (nSPS) is 24.9. The summed E-state index contributed by atoms with van der Waals surface area (Å²) >= 11 is 0. The van der Waals surface area contributed by atoms with Crippen LogP contribution >= 0.6 is 0 Å². The van der Waals surface area contributed by atoms with Crippen LogP contribution in [0.5, 0.6) is 0 Å². The second-order valence-corrected chi connectivity index (χ2v) is 4.85. The third-order valence-electron chi connectivity index (χ3n) is 3.54. The zero-order valence-corrected chi connectivity index (χ0v) is 9.95. The molecule has 1 fully saturated rings. The summed E-state index contributed by atoms with van der Waals surface area (Å²) in [6, 6.07) is 9.10. The molecule has 16 heavy (non-hydrogen) atoms. The fraction of sp³-hybridized carbons (Fsp3) is 0.571. The van der Waals surface area contributed by atoms with Crippen molar-refractivity contribution in [3.05, 3.63) is 35.4 Å². The second-order valence-electron chi connectivity index (χ2n) is 4.85. The number of hydrogen-bond acceptors (Lipinski definition) is 2. The summed E-state index contributed by atoms with van der Waals surface area (Å²) in [5, 5.41) is 12.8. The van der Waals surface area contributed by atoms with E-state index in [4.69, 9.17) is 0 Å². The molecule has 0 radical (unpaired) electrons. The van der Waals surface area contributed by atoms with Gasteiger partial charge in [-0.3, -0.25) is 0 Å². The van der Waals surface area contributed by atoms with Gasteiger partial charge < -0.3 is 10.4 Å². The van der Waals surface area contributed by atoms with E-state index in [1.807, 2.05) is 0 Å². The fourth-order valence-corrected chi connectivity index (χ4v) is 2.60.